The van der Waals surface area contributed by atoms with Crippen molar-refractivity contribution in [2.45, 2.75) is 51.7 Å². The Hall–Kier alpha value is -0.770. The molecule has 0 aromatic heterocycles. The average molecular weight is 212 g/mol. The van der Waals surface area contributed by atoms with Crippen LogP contribution in [0.4, 0.5) is 4.79 Å². The van der Waals surface area contributed by atoms with E-state index in [0.29, 0.717) is 6.04 Å². The van der Waals surface area contributed by atoms with Crippen LogP contribution in [0, 0.1) is 0 Å². The van der Waals surface area contributed by atoms with Crippen LogP contribution in [0.5, 0.6) is 0 Å². The second-order valence-corrected chi connectivity index (χ2v) is 5.36. The summed E-state index contributed by atoms with van der Waals surface area (Å²) >= 11 is 0. The van der Waals surface area contributed by atoms with E-state index in [9.17, 15) is 4.79 Å². The third kappa shape index (κ3) is 2.25. The van der Waals surface area contributed by atoms with Crippen LogP contribution in [0.1, 0.15) is 40.0 Å². The number of nitrogens with zero attached hydrogens (tertiary/aromatic N) is 2. The Balaban J connectivity index is 2.01. The van der Waals surface area contributed by atoms with Gasteiger partial charge in [0.25, 0.3) is 0 Å². The number of hydrogen-bond donors (Lipinski definition) is 0. The summed E-state index contributed by atoms with van der Waals surface area (Å²) in [5.74, 6) is 0. The van der Waals surface area contributed by atoms with E-state index >= 15 is 0 Å². The second-order valence-electron chi connectivity index (χ2n) is 5.36. The van der Waals surface area contributed by atoms with Crippen LogP contribution < -0.4 is 0 Å². The van der Waals surface area contributed by atoms with Crippen LogP contribution in [0.2, 0.25) is 0 Å². The van der Waals surface area contributed by atoms with Gasteiger partial charge in [0.05, 0.1) is 6.04 Å². The van der Waals surface area contributed by atoms with Gasteiger partial charge in [-0.1, -0.05) is 0 Å². The minimum atomic E-state index is -0.394. The average Bonchev–Trinajstić information content (AvgIpc) is 2.34. The molecule has 0 radical (unpaired) electrons. The van der Waals surface area contributed by atoms with Gasteiger partial charge < -0.3 is 4.74 Å². The molecule has 2 fully saturated rings. The number of rotatable bonds is 0. The zero-order valence-electron chi connectivity index (χ0n) is 9.82. The summed E-state index contributed by atoms with van der Waals surface area (Å²) in [4.78, 5) is 11.9. The molecule has 15 heavy (non-hydrogen) atoms. The number of amides is 1. The molecule has 2 aliphatic heterocycles. The minimum Gasteiger partial charge on any atom is -0.443 e. The first kappa shape index (κ1) is 10.7. The molecule has 4 heteroatoms. The smallest absolute Gasteiger partial charge is 0.425 e. The molecule has 2 heterocycles. The van der Waals surface area contributed by atoms with E-state index in [1.54, 1.807) is 0 Å². The highest BCUT2D eigenvalue weighted by atomic mass is 16.6. The summed E-state index contributed by atoms with van der Waals surface area (Å²) in [5, 5.41) is 3.96. The standard InChI is InChI=1S/C11H20N2O2/c1-11(2,3)15-10(14)13-9-5-4-7-12(13)8-6-9/h9H,4-8H2,1-3H3. The van der Waals surface area contributed by atoms with Crippen LogP contribution in [-0.4, -0.2) is 40.8 Å². The van der Waals surface area contributed by atoms with Gasteiger partial charge >= 0.3 is 6.09 Å². The summed E-state index contributed by atoms with van der Waals surface area (Å²) in [7, 11) is 0. The molecular weight excluding hydrogens is 192 g/mol. The normalized spacial score (nSPS) is 30.5. The number of carbonyl (C=O) groups is 1. The molecule has 86 valence electrons. The van der Waals surface area contributed by atoms with Crippen molar-refractivity contribution in [2.75, 3.05) is 13.1 Å². The van der Waals surface area contributed by atoms with Crippen molar-refractivity contribution in [3.8, 4) is 0 Å². The Kier molecular flexibility index (Phi) is 2.63. The monoisotopic (exact) mass is 212 g/mol. The lowest BCUT2D eigenvalue weighted by Crippen LogP contribution is -2.50. The van der Waals surface area contributed by atoms with Gasteiger partial charge in [-0.25, -0.2) is 14.8 Å². The molecule has 2 unspecified atom stereocenters. The maximum Gasteiger partial charge on any atom is 0.425 e. The van der Waals surface area contributed by atoms with Gasteiger partial charge in [-0.05, 0) is 40.0 Å². The van der Waals surface area contributed by atoms with Gasteiger partial charge in [0, 0.05) is 13.1 Å². The summed E-state index contributed by atoms with van der Waals surface area (Å²) in [6, 6.07) is 0.383. The Morgan fingerprint density at radius 2 is 2.00 bits per heavy atom. The predicted octanol–water partition coefficient (Wildman–Crippen LogP) is 2.01. The van der Waals surface area contributed by atoms with Gasteiger partial charge in [0.1, 0.15) is 5.60 Å². The first-order valence-corrected chi connectivity index (χ1v) is 5.74. The summed E-state index contributed by atoms with van der Waals surface area (Å²) < 4.78 is 5.40. The highest BCUT2D eigenvalue weighted by molar-refractivity contribution is 5.68. The van der Waals surface area contributed by atoms with Gasteiger partial charge in [0.2, 0.25) is 0 Å². The number of hydrogen-bond acceptors (Lipinski definition) is 3. The van der Waals surface area contributed by atoms with Crippen LogP contribution in [0.3, 0.4) is 0 Å². The molecular formula is C11H20N2O2. The molecule has 0 spiro atoms. The minimum absolute atomic E-state index is 0.176. The predicted molar refractivity (Wildman–Crippen MR) is 57.3 cm³/mol. The third-order valence-corrected chi connectivity index (χ3v) is 2.91. The van der Waals surface area contributed by atoms with Gasteiger partial charge in [0.15, 0.2) is 0 Å². The number of carbonyl (C=O) groups excluding carboxylic acids is 1. The van der Waals surface area contributed by atoms with Crippen molar-refractivity contribution in [3.63, 3.8) is 0 Å². The molecule has 0 aromatic carbocycles. The fourth-order valence-electron chi connectivity index (χ4n) is 2.33. The second kappa shape index (κ2) is 3.67. The van der Waals surface area contributed by atoms with Crippen molar-refractivity contribution in [3.05, 3.63) is 0 Å². The molecule has 2 saturated heterocycles. The Labute approximate surface area is 91.1 Å². The molecule has 4 nitrogen and oxygen atoms in total. The van der Waals surface area contributed by atoms with E-state index in [1.165, 1.54) is 6.42 Å². The quantitative estimate of drug-likeness (QED) is 0.615. The van der Waals surface area contributed by atoms with Crippen LogP contribution in [-0.2, 0) is 4.74 Å². The van der Waals surface area contributed by atoms with Crippen molar-refractivity contribution >= 4 is 6.09 Å². The number of ether oxygens (including phenoxy) is 1. The molecule has 0 N–H and O–H groups in total. The van der Waals surface area contributed by atoms with Crippen molar-refractivity contribution in [2.24, 2.45) is 0 Å². The third-order valence-electron chi connectivity index (χ3n) is 2.91. The maximum atomic E-state index is 11.9. The Morgan fingerprint density at radius 3 is 2.60 bits per heavy atom. The molecule has 0 aromatic rings. The van der Waals surface area contributed by atoms with Crippen molar-refractivity contribution < 1.29 is 9.53 Å². The molecule has 2 rings (SSSR count). The zero-order valence-corrected chi connectivity index (χ0v) is 9.82. The lowest BCUT2D eigenvalue weighted by molar-refractivity contribution is -0.0551. The summed E-state index contributed by atoms with van der Waals surface area (Å²) in [5.41, 5.74) is -0.394. The largest absolute Gasteiger partial charge is 0.443 e. The SMILES string of the molecule is CC(C)(C)OC(=O)N1C2CCCN1CC2. The lowest BCUT2D eigenvalue weighted by Gasteiger charge is -2.37. The topological polar surface area (TPSA) is 32.8 Å². The van der Waals surface area contributed by atoms with Gasteiger partial charge in [-0.3, -0.25) is 0 Å². The lowest BCUT2D eigenvalue weighted by atomic mass is 10.1. The summed E-state index contributed by atoms with van der Waals surface area (Å²) in [6.07, 6.45) is 3.24. The van der Waals surface area contributed by atoms with Gasteiger partial charge in [-0.2, -0.15) is 0 Å². The maximum absolute atomic E-state index is 11.9. The van der Waals surface area contributed by atoms with E-state index in [4.69, 9.17) is 4.74 Å². The summed E-state index contributed by atoms with van der Waals surface area (Å²) in [6.45, 7) is 7.73. The van der Waals surface area contributed by atoms with E-state index in [1.807, 2.05) is 25.8 Å². The molecule has 2 bridgehead atoms. The van der Waals surface area contributed by atoms with Crippen LogP contribution >= 0.6 is 0 Å². The van der Waals surface area contributed by atoms with E-state index in [0.717, 1.165) is 25.9 Å². The molecule has 0 aliphatic carbocycles. The van der Waals surface area contributed by atoms with E-state index < -0.39 is 5.60 Å². The number of hydrazine groups is 1. The van der Waals surface area contributed by atoms with E-state index in [2.05, 4.69) is 5.01 Å². The first-order valence-electron chi connectivity index (χ1n) is 5.74. The highest BCUT2D eigenvalue weighted by Gasteiger charge is 2.40. The molecule has 0 saturated carbocycles. The molecule has 2 atom stereocenters. The van der Waals surface area contributed by atoms with E-state index in [-0.39, 0.29) is 6.09 Å². The first-order chi connectivity index (χ1) is 6.97. The van der Waals surface area contributed by atoms with Crippen LogP contribution in [0.15, 0.2) is 0 Å². The zero-order chi connectivity index (χ0) is 11.1. The Morgan fingerprint density at radius 1 is 1.27 bits per heavy atom. The van der Waals surface area contributed by atoms with Crippen LogP contribution in [0.25, 0.3) is 0 Å². The highest BCUT2D eigenvalue weighted by Crippen LogP contribution is 2.29. The van der Waals surface area contributed by atoms with Gasteiger partial charge in [-0.15, -0.1) is 0 Å². The number of fused-ring (bicyclic) bond motifs is 2. The molecule has 2 aliphatic rings. The molecule has 1 amide bonds. The Bertz CT molecular complexity index is 244. The fraction of sp³-hybridized carbons (Fsp3) is 0.909. The van der Waals surface area contributed by atoms with Crippen molar-refractivity contribution in [1.82, 2.24) is 10.0 Å². The van der Waals surface area contributed by atoms with Crippen molar-refractivity contribution in [1.29, 1.82) is 0 Å². The fourth-order valence-corrected chi connectivity index (χ4v) is 2.33.